The van der Waals surface area contributed by atoms with Crippen LogP contribution in [0.3, 0.4) is 0 Å². The number of nitrogens with zero attached hydrogens (tertiary/aromatic N) is 1. The molecule has 1 rings (SSSR count). The van der Waals surface area contributed by atoms with Crippen molar-refractivity contribution >= 4 is 34.8 Å². The van der Waals surface area contributed by atoms with E-state index in [-0.39, 0.29) is 25.7 Å². The zero-order valence-electron chi connectivity index (χ0n) is 10.3. The third-order valence-corrected chi connectivity index (χ3v) is 3.06. The summed E-state index contributed by atoms with van der Waals surface area (Å²) < 4.78 is 0. The van der Waals surface area contributed by atoms with Crippen LogP contribution < -0.4 is 5.32 Å². The van der Waals surface area contributed by atoms with E-state index in [2.05, 4.69) is 5.32 Å². The fourth-order valence-corrected chi connectivity index (χ4v) is 2.04. The smallest absolute Gasteiger partial charge is 0.238 e. The van der Waals surface area contributed by atoms with Crippen LogP contribution in [0, 0.1) is 0 Å². The molecule has 0 bridgehead atoms. The number of carbonyl (C=O) groups is 1. The number of halogens is 2. The highest BCUT2D eigenvalue weighted by molar-refractivity contribution is 6.39. The molecule has 0 heterocycles. The van der Waals surface area contributed by atoms with Crippen LogP contribution in [0.25, 0.3) is 0 Å². The van der Waals surface area contributed by atoms with Gasteiger partial charge in [-0.25, -0.2) is 0 Å². The minimum Gasteiger partial charge on any atom is -0.395 e. The maximum absolute atomic E-state index is 11.8. The van der Waals surface area contributed by atoms with Gasteiger partial charge in [0.05, 0.1) is 35.5 Å². The molecule has 0 saturated carbocycles. The largest absolute Gasteiger partial charge is 0.395 e. The minimum absolute atomic E-state index is 0.0443. The standard InChI is InChI=1S/C12H16Cl2N2O3/c13-9-2-1-3-10(14)12(9)15-11(19)8-16(4-6-17)5-7-18/h1-3,17-18H,4-8H2,(H,15,19). The molecule has 0 radical (unpaired) electrons. The topological polar surface area (TPSA) is 72.8 Å². The molecule has 0 aromatic heterocycles. The van der Waals surface area contributed by atoms with Crippen LogP contribution in [-0.4, -0.2) is 53.9 Å². The molecule has 3 N–H and O–H groups in total. The van der Waals surface area contributed by atoms with E-state index in [1.165, 1.54) is 0 Å². The van der Waals surface area contributed by atoms with Gasteiger partial charge in [0.25, 0.3) is 0 Å². The second kappa shape index (κ2) is 8.35. The molecule has 0 aliphatic heterocycles. The van der Waals surface area contributed by atoms with Gasteiger partial charge in [-0.2, -0.15) is 0 Å². The number of hydrogen-bond acceptors (Lipinski definition) is 4. The van der Waals surface area contributed by atoms with E-state index >= 15 is 0 Å². The summed E-state index contributed by atoms with van der Waals surface area (Å²) in [4.78, 5) is 13.5. The van der Waals surface area contributed by atoms with Crippen molar-refractivity contribution in [3.8, 4) is 0 Å². The number of aliphatic hydroxyl groups excluding tert-OH is 2. The Morgan fingerprint density at radius 1 is 1.16 bits per heavy atom. The first kappa shape index (κ1) is 16.2. The summed E-state index contributed by atoms with van der Waals surface area (Å²) in [7, 11) is 0. The van der Waals surface area contributed by atoms with Gasteiger partial charge in [0.1, 0.15) is 0 Å². The van der Waals surface area contributed by atoms with Crippen molar-refractivity contribution in [3.63, 3.8) is 0 Å². The van der Waals surface area contributed by atoms with Gasteiger partial charge in [-0.15, -0.1) is 0 Å². The monoisotopic (exact) mass is 306 g/mol. The van der Waals surface area contributed by atoms with E-state index in [1.54, 1.807) is 23.1 Å². The number of nitrogens with one attached hydrogen (secondary N) is 1. The molecule has 1 amide bonds. The Morgan fingerprint density at radius 2 is 1.68 bits per heavy atom. The highest BCUT2D eigenvalue weighted by atomic mass is 35.5. The molecule has 0 aliphatic carbocycles. The van der Waals surface area contributed by atoms with Crippen molar-refractivity contribution in [1.29, 1.82) is 0 Å². The Bertz CT molecular complexity index is 403. The van der Waals surface area contributed by atoms with Crippen molar-refractivity contribution in [2.45, 2.75) is 0 Å². The van der Waals surface area contributed by atoms with Crippen molar-refractivity contribution in [1.82, 2.24) is 4.90 Å². The average molecular weight is 307 g/mol. The summed E-state index contributed by atoms with van der Waals surface area (Å²) in [6, 6.07) is 4.94. The quantitative estimate of drug-likeness (QED) is 0.708. The van der Waals surface area contributed by atoms with Gasteiger partial charge in [-0.1, -0.05) is 29.3 Å². The summed E-state index contributed by atoms with van der Waals surface area (Å²) >= 11 is 11.9. The van der Waals surface area contributed by atoms with Crippen molar-refractivity contribution < 1.29 is 15.0 Å². The minimum atomic E-state index is -0.308. The van der Waals surface area contributed by atoms with E-state index in [1.807, 2.05) is 0 Å². The normalized spacial score (nSPS) is 10.8. The molecule has 0 spiro atoms. The Labute approximate surface area is 121 Å². The van der Waals surface area contributed by atoms with Crippen molar-refractivity contribution in [2.24, 2.45) is 0 Å². The summed E-state index contributed by atoms with van der Waals surface area (Å²) in [5, 5.41) is 21.0. The molecule has 19 heavy (non-hydrogen) atoms. The number of anilines is 1. The van der Waals surface area contributed by atoms with Gasteiger partial charge in [-0.3, -0.25) is 9.69 Å². The van der Waals surface area contributed by atoms with Crippen LogP contribution in [0.5, 0.6) is 0 Å². The summed E-state index contributed by atoms with van der Waals surface area (Å²) in [6.45, 7) is 0.497. The van der Waals surface area contributed by atoms with Gasteiger partial charge in [-0.05, 0) is 12.1 Å². The van der Waals surface area contributed by atoms with Crippen LogP contribution in [-0.2, 0) is 4.79 Å². The third kappa shape index (κ3) is 5.34. The summed E-state index contributed by atoms with van der Waals surface area (Å²) in [5.74, 6) is -0.308. The van der Waals surface area contributed by atoms with Gasteiger partial charge in [0, 0.05) is 13.1 Å². The molecule has 7 heteroatoms. The maximum atomic E-state index is 11.8. The highest BCUT2D eigenvalue weighted by Gasteiger charge is 2.13. The summed E-state index contributed by atoms with van der Waals surface area (Å²) in [5.41, 5.74) is 0.365. The fraction of sp³-hybridized carbons (Fsp3) is 0.417. The number of hydrogen-bond donors (Lipinski definition) is 3. The summed E-state index contributed by atoms with van der Waals surface area (Å²) in [6.07, 6.45) is 0. The molecule has 0 aliphatic rings. The number of rotatable bonds is 7. The number of para-hydroxylation sites is 1. The van der Waals surface area contributed by atoms with E-state index in [4.69, 9.17) is 33.4 Å². The predicted octanol–water partition coefficient (Wildman–Crippen LogP) is 1.22. The van der Waals surface area contributed by atoms with Crippen LogP contribution in [0.15, 0.2) is 18.2 Å². The highest BCUT2D eigenvalue weighted by Crippen LogP contribution is 2.29. The van der Waals surface area contributed by atoms with E-state index in [0.29, 0.717) is 28.8 Å². The number of benzene rings is 1. The Balaban J connectivity index is 2.63. The molecule has 0 unspecified atom stereocenters. The van der Waals surface area contributed by atoms with E-state index in [9.17, 15) is 4.79 Å². The molecule has 0 fully saturated rings. The predicted molar refractivity (Wildman–Crippen MR) is 75.7 cm³/mol. The van der Waals surface area contributed by atoms with Crippen molar-refractivity contribution in [3.05, 3.63) is 28.2 Å². The van der Waals surface area contributed by atoms with E-state index in [0.717, 1.165) is 0 Å². The third-order valence-electron chi connectivity index (χ3n) is 2.43. The van der Waals surface area contributed by atoms with Gasteiger partial charge >= 0.3 is 0 Å². The van der Waals surface area contributed by atoms with Crippen LogP contribution >= 0.6 is 23.2 Å². The molecular formula is C12H16Cl2N2O3. The second-order valence-corrected chi connectivity index (χ2v) is 4.68. The van der Waals surface area contributed by atoms with Crippen molar-refractivity contribution in [2.75, 3.05) is 38.2 Å². The zero-order chi connectivity index (χ0) is 14.3. The Hall–Kier alpha value is -0.850. The van der Waals surface area contributed by atoms with Gasteiger partial charge < -0.3 is 15.5 Å². The lowest BCUT2D eigenvalue weighted by Gasteiger charge is -2.19. The van der Waals surface area contributed by atoms with Gasteiger partial charge in [0.15, 0.2) is 0 Å². The molecule has 0 saturated heterocycles. The lowest BCUT2D eigenvalue weighted by atomic mass is 10.3. The number of carbonyl (C=O) groups excluding carboxylic acids is 1. The molecule has 0 atom stereocenters. The van der Waals surface area contributed by atoms with Crippen LogP contribution in [0.2, 0.25) is 10.0 Å². The molecule has 1 aromatic rings. The molecule has 1 aromatic carbocycles. The maximum Gasteiger partial charge on any atom is 0.238 e. The first-order chi connectivity index (χ1) is 9.08. The zero-order valence-corrected chi connectivity index (χ0v) is 11.8. The lowest BCUT2D eigenvalue weighted by Crippen LogP contribution is -2.37. The lowest BCUT2D eigenvalue weighted by molar-refractivity contribution is -0.117. The van der Waals surface area contributed by atoms with E-state index < -0.39 is 0 Å². The molecule has 5 nitrogen and oxygen atoms in total. The number of aliphatic hydroxyl groups is 2. The second-order valence-electron chi connectivity index (χ2n) is 3.87. The van der Waals surface area contributed by atoms with Crippen LogP contribution in [0.4, 0.5) is 5.69 Å². The fourth-order valence-electron chi connectivity index (χ4n) is 1.55. The molecule has 106 valence electrons. The number of amides is 1. The Morgan fingerprint density at radius 3 is 2.16 bits per heavy atom. The van der Waals surface area contributed by atoms with Crippen LogP contribution in [0.1, 0.15) is 0 Å². The first-order valence-corrected chi connectivity index (χ1v) is 6.52. The Kier molecular flexibility index (Phi) is 7.12. The first-order valence-electron chi connectivity index (χ1n) is 5.76. The average Bonchev–Trinajstić information content (AvgIpc) is 2.35. The SMILES string of the molecule is O=C(CN(CCO)CCO)Nc1c(Cl)cccc1Cl. The molecular weight excluding hydrogens is 291 g/mol. The van der Waals surface area contributed by atoms with Gasteiger partial charge in [0.2, 0.25) is 5.91 Å².